The number of hydrogen-bond donors (Lipinski definition) is 0. The van der Waals surface area contributed by atoms with E-state index in [2.05, 4.69) is 4.90 Å². The summed E-state index contributed by atoms with van der Waals surface area (Å²) in [6.07, 6.45) is 0. The standard InChI is InChI=1S/C8H15F2N/c1-6(2)11-4-7(5-11)8(3,9)10/h6-7H,4-5H2,1-3H3. The number of rotatable bonds is 2. The summed E-state index contributed by atoms with van der Waals surface area (Å²) in [5.74, 6) is -2.89. The summed E-state index contributed by atoms with van der Waals surface area (Å²) in [6.45, 7) is 6.19. The zero-order valence-corrected chi connectivity index (χ0v) is 7.27. The molecular formula is C8H15F2N. The Hall–Kier alpha value is -0.180. The first-order valence-electron chi connectivity index (χ1n) is 4.03. The Labute approximate surface area is 66.4 Å². The van der Waals surface area contributed by atoms with Crippen LogP contribution in [0.1, 0.15) is 20.8 Å². The third-order valence-corrected chi connectivity index (χ3v) is 2.36. The molecular weight excluding hydrogens is 148 g/mol. The first kappa shape index (κ1) is 8.91. The van der Waals surface area contributed by atoms with E-state index in [1.807, 2.05) is 13.8 Å². The van der Waals surface area contributed by atoms with Crippen molar-refractivity contribution in [1.29, 1.82) is 0 Å². The van der Waals surface area contributed by atoms with E-state index in [1.54, 1.807) is 0 Å². The van der Waals surface area contributed by atoms with Crippen molar-refractivity contribution in [2.75, 3.05) is 13.1 Å². The number of hydrogen-bond acceptors (Lipinski definition) is 1. The van der Waals surface area contributed by atoms with Gasteiger partial charge in [-0.3, -0.25) is 4.90 Å². The Bertz CT molecular complexity index is 134. The Kier molecular flexibility index (Phi) is 2.19. The summed E-state index contributed by atoms with van der Waals surface area (Å²) in [7, 11) is 0. The molecule has 0 unspecified atom stereocenters. The van der Waals surface area contributed by atoms with Gasteiger partial charge in [0.2, 0.25) is 0 Å². The maximum absolute atomic E-state index is 12.6. The molecule has 0 radical (unpaired) electrons. The van der Waals surface area contributed by atoms with Crippen LogP contribution in [0.5, 0.6) is 0 Å². The van der Waals surface area contributed by atoms with Crippen molar-refractivity contribution in [3.05, 3.63) is 0 Å². The van der Waals surface area contributed by atoms with Crippen molar-refractivity contribution in [3.8, 4) is 0 Å². The van der Waals surface area contributed by atoms with Crippen LogP contribution in [0.2, 0.25) is 0 Å². The van der Waals surface area contributed by atoms with Crippen LogP contribution in [0.15, 0.2) is 0 Å². The summed E-state index contributed by atoms with van der Waals surface area (Å²) in [5, 5.41) is 0. The zero-order chi connectivity index (χ0) is 8.65. The fourth-order valence-corrected chi connectivity index (χ4v) is 1.25. The van der Waals surface area contributed by atoms with Crippen LogP contribution in [0.4, 0.5) is 8.78 Å². The van der Waals surface area contributed by atoms with Crippen molar-refractivity contribution in [2.45, 2.75) is 32.7 Å². The van der Waals surface area contributed by atoms with Gasteiger partial charge in [0.15, 0.2) is 0 Å². The lowest BCUT2D eigenvalue weighted by Gasteiger charge is -2.44. The highest BCUT2D eigenvalue weighted by Crippen LogP contribution is 2.32. The summed E-state index contributed by atoms with van der Waals surface area (Å²) in [6, 6.07) is 0.411. The molecule has 0 saturated carbocycles. The van der Waals surface area contributed by atoms with Crippen LogP contribution < -0.4 is 0 Å². The van der Waals surface area contributed by atoms with Crippen LogP contribution in [0, 0.1) is 5.92 Å². The Balaban J connectivity index is 2.30. The number of halogens is 2. The highest BCUT2D eigenvalue weighted by Gasteiger charge is 2.43. The van der Waals surface area contributed by atoms with Gasteiger partial charge in [0.05, 0.1) is 0 Å². The van der Waals surface area contributed by atoms with Crippen LogP contribution in [0.3, 0.4) is 0 Å². The first-order chi connectivity index (χ1) is 4.91. The van der Waals surface area contributed by atoms with Crippen LogP contribution in [-0.2, 0) is 0 Å². The Morgan fingerprint density at radius 3 is 2.09 bits per heavy atom. The van der Waals surface area contributed by atoms with Gasteiger partial charge in [0.25, 0.3) is 5.92 Å². The van der Waals surface area contributed by atoms with Gasteiger partial charge in [0.1, 0.15) is 0 Å². The van der Waals surface area contributed by atoms with Crippen molar-refractivity contribution < 1.29 is 8.78 Å². The molecule has 1 aliphatic rings. The van der Waals surface area contributed by atoms with Gasteiger partial charge in [-0.2, -0.15) is 0 Å². The fourth-order valence-electron chi connectivity index (χ4n) is 1.25. The van der Waals surface area contributed by atoms with E-state index in [0.717, 1.165) is 6.92 Å². The van der Waals surface area contributed by atoms with Crippen molar-refractivity contribution in [2.24, 2.45) is 5.92 Å². The second kappa shape index (κ2) is 2.70. The molecule has 66 valence electrons. The van der Waals surface area contributed by atoms with E-state index in [0.29, 0.717) is 19.1 Å². The van der Waals surface area contributed by atoms with Crippen molar-refractivity contribution in [3.63, 3.8) is 0 Å². The molecule has 0 N–H and O–H groups in total. The lowest BCUT2D eigenvalue weighted by atomic mass is 9.92. The lowest BCUT2D eigenvalue weighted by Crippen LogP contribution is -2.55. The molecule has 0 atom stereocenters. The average Bonchev–Trinajstić information content (AvgIpc) is 1.51. The molecule has 0 aromatic rings. The smallest absolute Gasteiger partial charge is 0.250 e. The molecule has 0 amide bonds. The fraction of sp³-hybridized carbons (Fsp3) is 1.00. The van der Waals surface area contributed by atoms with Crippen LogP contribution >= 0.6 is 0 Å². The van der Waals surface area contributed by atoms with Gasteiger partial charge in [-0.25, -0.2) is 8.78 Å². The van der Waals surface area contributed by atoms with Crippen molar-refractivity contribution >= 4 is 0 Å². The number of nitrogens with zero attached hydrogens (tertiary/aromatic N) is 1. The van der Waals surface area contributed by atoms with Crippen LogP contribution in [-0.4, -0.2) is 30.0 Å². The maximum Gasteiger partial charge on any atom is 0.250 e. The maximum atomic E-state index is 12.6. The van der Waals surface area contributed by atoms with E-state index >= 15 is 0 Å². The Morgan fingerprint density at radius 2 is 1.82 bits per heavy atom. The minimum atomic E-state index is -2.48. The van der Waals surface area contributed by atoms with E-state index < -0.39 is 11.8 Å². The topological polar surface area (TPSA) is 3.24 Å². The number of alkyl halides is 2. The van der Waals surface area contributed by atoms with Gasteiger partial charge < -0.3 is 0 Å². The minimum absolute atomic E-state index is 0.411. The number of likely N-dealkylation sites (tertiary alicyclic amines) is 1. The predicted octanol–water partition coefficient (Wildman–Crippen LogP) is 1.98. The van der Waals surface area contributed by atoms with Gasteiger partial charge >= 0.3 is 0 Å². The molecule has 3 heteroatoms. The van der Waals surface area contributed by atoms with E-state index in [1.165, 1.54) is 0 Å². The van der Waals surface area contributed by atoms with Gasteiger partial charge in [-0.05, 0) is 20.8 Å². The van der Waals surface area contributed by atoms with E-state index in [-0.39, 0.29) is 0 Å². The lowest BCUT2D eigenvalue weighted by molar-refractivity contribution is -0.111. The molecule has 1 aliphatic heterocycles. The molecule has 1 rings (SSSR count). The second-order valence-electron chi connectivity index (χ2n) is 3.70. The third-order valence-electron chi connectivity index (χ3n) is 2.36. The predicted molar refractivity (Wildman–Crippen MR) is 40.8 cm³/mol. The third kappa shape index (κ3) is 1.89. The summed E-state index contributed by atoms with van der Waals surface area (Å²) < 4.78 is 25.2. The molecule has 0 aromatic heterocycles. The van der Waals surface area contributed by atoms with E-state index in [4.69, 9.17) is 0 Å². The molecule has 0 aromatic carbocycles. The van der Waals surface area contributed by atoms with Gasteiger partial charge in [0, 0.05) is 25.0 Å². The molecule has 1 heterocycles. The molecule has 0 aliphatic carbocycles. The van der Waals surface area contributed by atoms with Crippen molar-refractivity contribution in [1.82, 2.24) is 4.90 Å². The largest absolute Gasteiger partial charge is 0.300 e. The monoisotopic (exact) mass is 163 g/mol. The second-order valence-corrected chi connectivity index (χ2v) is 3.70. The highest BCUT2D eigenvalue weighted by atomic mass is 19.3. The summed E-state index contributed by atoms with van der Waals surface area (Å²) in [4.78, 5) is 2.06. The van der Waals surface area contributed by atoms with Gasteiger partial charge in [-0.15, -0.1) is 0 Å². The van der Waals surface area contributed by atoms with Crippen LogP contribution in [0.25, 0.3) is 0 Å². The molecule has 0 bridgehead atoms. The molecule has 1 nitrogen and oxygen atoms in total. The highest BCUT2D eigenvalue weighted by molar-refractivity contribution is 4.88. The van der Waals surface area contributed by atoms with E-state index in [9.17, 15) is 8.78 Å². The minimum Gasteiger partial charge on any atom is -0.300 e. The zero-order valence-electron chi connectivity index (χ0n) is 7.27. The SMILES string of the molecule is CC(C)N1CC(C(C)(F)F)C1. The molecule has 1 fully saturated rings. The quantitative estimate of drug-likeness (QED) is 0.601. The summed E-state index contributed by atoms with van der Waals surface area (Å²) in [5.41, 5.74) is 0. The normalized spacial score (nSPS) is 22.4. The molecule has 11 heavy (non-hydrogen) atoms. The van der Waals surface area contributed by atoms with Gasteiger partial charge in [-0.1, -0.05) is 0 Å². The Morgan fingerprint density at radius 1 is 1.36 bits per heavy atom. The molecule has 1 saturated heterocycles. The summed E-state index contributed by atoms with van der Waals surface area (Å²) >= 11 is 0. The first-order valence-corrected chi connectivity index (χ1v) is 4.03. The average molecular weight is 163 g/mol. The molecule has 0 spiro atoms.